The Morgan fingerprint density at radius 1 is 1.35 bits per heavy atom. The molecule has 5 heteroatoms. The highest BCUT2D eigenvalue weighted by Gasteiger charge is 2.16. The first-order chi connectivity index (χ1) is 9.52. The Balaban J connectivity index is 2.26. The van der Waals surface area contributed by atoms with E-state index in [1.165, 1.54) is 16.2 Å². The van der Waals surface area contributed by atoms with Crippen molar-refractivity contribution in [1.29, 1.82) is 0 Å². The molecule has 0 aliphatic carbocycles. The molecule has 0 atom stereocenters. The lowest BCUT2D eigenvalue weighted by molar-refractivity contribution is 0.0997. The summed E-state index contributed by atoms with van der Waals surface area (Å²) < 4.78 is 0. The van der Waals surface area contributed by atoms with Gasteiger partial charge in [0.05, 0.1) is 4.88 Å². The van der Waals surface area contributed by atoms with Crippen LogP contribution < -0.4 is 10.6 Å². The number of carbonyl (C=O) groups is 1. The molecule has 1 heterocycles. The summed E-state index contributed by atoms with van der Waals surface area (Å²) in [5.41, 5.74) is 7.17. The molecule has 20 heavy (non-hydrogen) atoms. The minimum absolute atomic E-state index is 0.0187. The standard InChI is InChI=1S/C15H16N2OS2/c1-3-12-7-8-13(20-12)15(18)17(2)11-6-4-5-10(9-11)14(16)19/h4-9H,3H2,1-2H3,(H2,16,19). The first-order valence-corrected chi connectivity index (χ1v) is 7.52. The maximum atomic E-state index is 12.4. The molecule has 0 aliphatic heterocycles. The van der Waals surface area contributed by atoms with E-state index in [1.807, 2.05) is 36.4 Å². The van der Waals surface area contributed by atoms with Gasteiger partial charge in [-0.15, -0.1) is 11.3 Å². The summed E-state index contributed by atoms with van der Waals surface area (Å²) >= 11 is 6.50. The molecule has 0 spiro atoms. The summed E-state index contributed by atoms with van der Waals surface area (Å²) in [6, 6.07) is 11.3. The van der Waals surface area contributed by atoms with Crippen LogP contribution in [0.2, 0.25) is 0 Å². The number of rotatable bonds is 4. The highest BCUT2D eigenvalue weighted by molar-refractivity contribution is 7.80. The number of benzene rings is 1. The Labute approximate surface area is 128 Å². The molecule has 1 aromatic carbocycles. The third kappa shape index (κ3) is 3.05. The van der Waals surface area contributed by atoms with Crippen molar-refractivity contribution >= 4 is 40.1 Å². The molecule has 1 amide bonds. The van der Waals surface area contributed by atoms with Crippen LogP contribution in [-0.4, -0.2) is 17.9 Å². The molecular formula is C15H16N2OS2. The lowest BCUT2D eigenvalue weighted by Gasteiger charge is -2.17. The van der Waals surface area contributed by atoms with E-state index in [4.69, 9.17) is 18.0 Å². The Hall–Kier alpha value is -1.72. The summed E-state index contributed by atoms with van der Waals surface area (Å²) in [7, 11) is 1.76. The van der Waals surface area contributed by atoms with Gasteiger partial charge in [-0.05, 0) is 30.7 Å². The fraction of sp³-hybridized carbons (Fsp3) is 0.200. The number of thiocarbonyl (C=S) groups is 1. The van der Waals surface area contributed by atoms with Gasteiger partial charge in [0.25, 0.3) is 5.91 Å². The lowest BCUT2D eigenvalue weighted by Crippen LogP contribution is -2.25. The predicted molar refractivity (Wildman–Crippen MR) is 88.8 cm³/mol. The van der Waals surface area contributed by atoms with E-state index in [9.17, 15) is 4.79 Å². The maximum Gasteiger partial charge on any atom is 0.268 e. The Morgan fingerprint density at radius 3 is 2.70 bits per heavy atom. The largest absolute Gasteiger partial charge is 0.389 e. The van der Waals surface area contributed by atoms with Crippen molar-refractivity contribution in [3.63, 3.8) is 0 Å². The number of thiophene rings is 1. The number of nitrogens with zero attached hydrogens (tertiary/aromatic N) is 1. The number of hydrogen-bond donors (Lipinski definition) is 1. The van der Waals surface area contributed by atoms with Crippen LogP contribution in [0.5, 0.6) is 0 Å². The minimum Gasteiger partial charge on any atom is -0.389 e. The van der Waals surface area contributed by atoms with E-state index < -0.39 is 0 Å². The molecule has 0 saturated heterocycles. The van der Waals surface area contributed by atoms with E-state index in [0.29, 0.717) is 4.99 Å². The highest BCUT2D eigenvalue weighted by Crippen LogP contribution is 2.22. The van der Waals surface area contributed by atoms with Gasteiger partial charge in [-0.1, -0.05) is 31.3 Å². The average molecular weight is 304 g/mol. The van der Waals surface area contributed by atoms with E-state index in [1.54, 1.807) is 11.9 Å². The van der Waals surface area contributed by atoms with Gasteiger partial charge in [0, 0.05) is 23.2 Å². The van der Waals surface area contributed by atoms with Gasteiger partial charge in [0.15, 0.2) is 0 Å². The second-order valence-electron chi connectivity index (χ2n) is 4.40. The molecule has 0 bridgehead atoms. The summed E-state index contributed by atoms with van der Waals surface area (Å²) in [6.45, 7) is 2.08. The first-order valence-electron chi connectivity index (χ1n) is 6.29. The number of nitrogens with two attached hydrogens (primary N) is 1. The van der Waals surface area contributed by atoms with E-state index in [0.717, 1.165) is 22.5 Å². The van der Waals surface area contributed by atoms with Gasteiger partial charge in [0.1, 0.15) is 4.99 Å². The van der Waals surface area contributed by atoms with E-state index in [-0.39, 0.29) is 5.91 Å². The number of amides is 1. The first kappa shape index (κ1) is 14.7. The van der Waals surface area contributed by atoms with Crippen LogP contribution in [0.3, 0.4) is 0 Å². The molecule has 2 aromatic rings. The second kappa shape index (κ2) is 6.15. The number of aryl methyl sites for hydroxylation is 1. The molecule has 2 N–H and O–H groups in total. The molecule has 0 radical (unpaired) electrons. The van der Waals surface area contributed by atoms with Crippen LogP contribution in [0.4, 0.5) is 5.69 Å². The molecule has 0 aliphatic rings. The van der Waals surface area contributed by atoms with E-state index >= 15 is 0 Å². The van der Waals surface area contributed by atoms with Gasteiger partial charge in [0.2, 0.25) is 0 Å². The summed E-state index contributed by atoms with van der Waals surface area (Å²) in [5.74, 6) is -0.0187. The van der Waals surface area contributed by atoms with E-state index in [2.05, 4.69) is 6.92 Å². The summed E-state index contributed by atoms with van der Waals surface area (Å²) in [5, 5.41) is 0. The van der Waals surface area contributed by atoms with Crippen LogP contribution in [0.25, 0.3) is 0 Å². The Kier molecular flexibility index (Phi) is 4.52. The minimum atomic E-state index is -0.0187. The summed E-state index contributed by atoms with van der Waals surface area (Å²) in [6.07, 6.45) is 0.943. The van der Waals surface area contributed by atoms with Crippen LogP contribution in [0.15, 0.2) is 36.4 Å². The normalized spacial score (nSPS) is 10.3. The van der Waals surface area contributed by atoms with Crippen molar-refractivity contribution in [2.75, 3.05) is 11.9 Å². The zero-order valence-corrected chi connectivity index (χ0v) is 13.1. The molecule has 0 fully saturated rings. The van der Waals surface area contributed by atoms with Crippen LogP contribution in [0, 0.1) is 0 Å². The number of carbonyl (C=O) groups excluding carboxylic acids is 1. The van der Waals surface area contributed by atoms with Gasteiger partial charge in [-0.25, -0.2) is 0 Å². The Bertz CT molecular complexity index is 649. The van der Waals surface area contributed by atoms with Crippen molar-refractivity contribution < 1.29 is 4.79 Å². The van der Waals surface area contributed by atoms with Crippen molar-refractivity contribution in [2.45, 2.75) is 13.3 Å². The molecule has 0 unspecified atom stereocenters. The smallest absolute Gasteiger partial charge is 0.268 e. The van der Waals surface area contributed by atoms with Gasteiger partial charge < -0.3 is 10.6 Å². The summed E-state index contributed by atoms with van der Waals surface area (Å²) in [4.78, 5) is 16.3. The highest BCUT2D eigenvalue weighted by atomic mass is 32.1. The molecule has 1 aromatic heterocycles. The third-order valence-corrected chi connectivity index (χ3v) is 4.50. The molecular weight excluding hydrogens is 288 g/mol. The zero-order chi connectivity index (χ0) is 14.7. The molecule has 0 saturated carbocycles. The Morgan fingerprint density at radius 2 is 2.10 bits per heavy atom. The average Bonchev–Trinajstić information content (AvgIpc) is 2.94. The van der Waals surface area contributed by atoms with Crippen molar-refractivity contribution in [1.82, 2.24) is 0 Å². The zero-order valence-electron chi connectivity index (χ0n) is 11.4. The lowest BCUT2D eigenvalue weighted by atomic mass is 10.2. The fourth-order valence-corrected chi connectivity index (χ4v) is 2.88. The van der Waals surface area contributed by atoms with Crippen LogP contribution >= 0.6 is 23.6 Å². The van der Waals surface area contributed by atoms with Gasteiger partial charge >= 0.3 is 0 Å². The van der Waals surface area contributed by atoms with Gasteiger partial charge in [-0.3, -0.25) is 4.79 Å². The van der Waals surface area contributed by atoms with Crippen LogP contribution in [0.1, 0.15) is 27.0 Å². The maximum absolute atomic E-state index is 12.4. The SMILES string of the molecule is CCc1ccc(C(=O)N(C)c2cccc(C(N)=S)c2)s1. The quantitative estimate of drug-likeness (QED) is 0.882. The molecule has 104 valence electrons. The predicted octanol–water partition coefficient (Wildman–Crippen LogP) is 3.22. The number of anilines is 1. The molecule has 2 rings (SSSR count). The molecule has 3 nitrogen and oxygen atoms in total. The van der Waals surface area contributed by atoms with Crippen molar-refractivity contribution in [2.24, 2.45) is 5.73 Å². The second-order valence-corrected chi connectivity index (χ2v) is 6.01. The van der Waals surface area contributed by atoms with Crippen LogP contribution in [-0.2, 0) is 6.42 Å². The fourth-order valence-electron chi connectivity index (χ4n) is 1.83. The van der Waals surface area contributed by atoms with Crippen molar-refractivity contribution in [3.8, 4) is 0 Å². The monoisotopic (exact) mass is 304 g/mol. The van der Waals surface area contributed by atoms with Crippen molar-refractivity contribution in [3.05, 3.63) is 51.7 Å². The van der Waals surface area contributed by atoms with Gasteiger partial charge in [-0.2, -0.15) is 0 Å². The topological polar surface area (TPSA) is 46.3 Å². The number of hydrogen-bond acceptors (Lipinski definition) is 3. The third-order valence-electron chi connectivity index (χ3n) is 3.04.